The fourth-order valence-electron chi connectivity index (χ4n) is 8.22. The maximum Gasteiger partial charge on any atom is 0.412 e. The van der Waals surface area contributed by atoms with Gasteiger partial charge in [0, 0.05) is 60.9 Å². The number of amides is 5. The topological polar surface area (TPSA) is 240 Å². The van der Waals surface area contributed by atoms with Gasteiger partial charge < -0.3 is 51.4 Å². The van der Waals surface area contributed by atoms with Crippen molar-refractivity contribution in [3.8, 4) is 20.9 Å². The normalized spacial score (nSPS) is 16.1. The van der Waals surface area contributed by atoms with Gasteiger partial charge in [-0.25, -0.2) is 24.4 Å². The summed E-state index contributed by atoms with van der Waals surface area (Å²) in [4.78, 5) is 72.5. The van der Waals surface area contributed by atoms with E-state index in [2.05, 4.69) is 46.8 Å². The lowest BCUT2D eigenvalue weighted by molar-refractivity contribution is 0.0315. The summed E-state index contributed by atoms with van der Waals surface area (Å²) in [6, 6.07) is 25.7. The molecule has 0 unspecified atom stereocenters. The molecule has 73 heavy (non-hydrogen) atoms. The van der Waals surface area contributed by atoms with E-state index in [0.29, 0.717) is 52.1 Å². The summed E-state index contributed by atoms with van der Waals surface area (Å²) in [6.07, 6.45) is 5.13. The minimum Gasteiger partial charge on any atom is -0.444 e. The molecule has 0 radical (unpaired) electrons. The van der Waals surface area contributed by atoms with Crippen LogP contribution in [0.2, 0.25) is 5.15 Å². The molecule has 4 aliphatic rings. The van der Waals surface area contributed by atoms with Gasteiger partial charge in [-0.1, -0.05) is 35.9 Å². The van der Waals surface area contributed by atoms with Crippen molar-refractivity contribution in [2.24, 2.45) is 0 Å². The Balaban J connectivity index is 0.000000175. The summed E-state index contributed by atoms with van der Waals surface area (Å²) in [7, 11) is 0. The molecule has 2 spiro atoms. The van der Waals surface area contributed by atoms with Crippen LogP contribution in [-0.4, -0.2) is 96.1 Å². The first-order chi connectivity index (χ1) is 34.5. The summed E-state index contributed by atoms with van der Waals surface area (Å²) in [5, 5.41) is 21.4. The molecule has 5 amide bonds. The second kappa shape index (κ2) is 23.5. The molecule has 0 bridgehead atoms. The van der Waals surface area contributed by atoms with Crippen LogP contribution in [0.25, 0.3) is 20.9 Å². The average Bonchev–Trinajstić information content (AvgIpc) is 4.21. The summed E-state index contributed by atoms with van der Waals surface area (Å²) in [5.41, 5.74) is 9.54. The highest BCUT2D eigenvalue weighted by Gasteiger charge is 2.43. The Morgan fingerprint density at radius 2 is 1.26 bits per heavy atom. The molecule has 0 aliphatic carbocycles. The fraction of sp³-hybridized carbons (Fsp3) is 0.314. The van der Waals surface area contributed by atoms with Crippen LogP contribution in [0, 0.1) is 0 Å². The van der Waals surface area contributed by atoms with E-state index < -0.39 is 17.3 Å². The molecular formula is C51H56ClFN10O8S2. The molecule has 8 heterocycles. The fourth-order valence-corrected chi connectivity index (χ4v) is 9.78. The number of carbonyl (C=O) groups excluding carboxylic acids is 5. The molecule has 384 valence electrons. The second-order valence-corrected chi connectivity index (χ2v) is 20.7. The van der Waals surface area contributed by atoms with Crippen LogP contribution in [-0.2, 0) is 14.2 Å². The van der Waals surface area contributed by atoms with Gasteiger partial charge in [0.1, 0.15) is 27.8 Å². The van der Waals surface area contributed by atoms with Crippen molar-refractivity contribution >= 4 is 92.9 Å². The van der Waals surface area contributed by atoms with Crippen molar-refractivity contribution in [3.63, 3.8) is 0 Å². The van der Waals surface area contributed by atoms with E-state index in [1.807, 2.05) is 59.3 Å². The molecule has 4 fully saturated rings. The zero-order chi connectivity index (χ0) is 50.9. The van der Waals surface area contributed by atoms with Crippen LogP contribution in [0.1, 0.15) is 67.2 Å². The highest BCUT2D eigenvalue weighted by Crippen LogP contribution is 2.35. The Morgan fingerprint density at radius 1 is 0.712 bits per heavy atom. The Morgan fingerprint density at radius 3 is 1.77 bits per heavy atom. The van der Waals surface area contributed by atoms with Crippen LogP contribution < -0.4 is 42.5 Å². The molecule has 10 rings (SSSR count). The molecule has 0 atom stereocenters. The Hall–Kier alpha value is -7.33. The maximum atomic E-state index is 12.8. The maximum absolute atomic E-state index is 12.8. The number of nitrogens with one attached hydrogen (secondary N) is 6. The van der Waals surface area contributed by atoms with E-state index in [1.54, 1.807) is 86.0 Å². The lowest BCUT2D eigenvalue weighted by Gasteiger charge is -2.37. The van der Waals surface area contributed by atoms with Gasteiger partial charge in [0.05, 0.1) is 47.0 Å². The van der Waals surface area contributed by atoms with Gasteiger partial charge in [-0.3, -0.25) is 19.6 Å². The molecule has 18 nitrogen and oxygen atoms in total. The number of hydrogen-bond acceptors (Lipinski definition) is 15. The number of thiophene rings is 2. The monoisotopic (exact) mass is 1050 g/mol. The van der Waals surface area contributed by atoms with Crippen molar-refractivity contribution in [2.75, 3.05) is 65.9 Å². The van der Waals surface area contributed by atoms with Crippen LogP contribution >= 0.6 is 34.3 Å². The Bertz CT molecular complexity index is 2870. The third-order valence-corrected chi connectivity index (χ3v) is 14.1. The van der Waals surface area contributed by atoms with Gasteiger partial charge in [-0.2, -0.15) is 0 Å². The number of halogens is 2. The number of nitrogens with two attached hydrogens (primary N) is 1. The van der Waals surface area contributed by atoms with E-state index >= 15 is 0 Å². The number of piperidine rings is 2. The first-order valence-corrected chi connectivity index (χ1v) is 25.4. The third-order valence-electron chi connectivity index (χ3n) is 12.1. The highest BCUT2D eigenvalue weighted by molar-refractivity contribution is 7.13. The molecule has 4 aliphatic heterocycles. The summed E-state index contributed by atoms with van der Waals surface area (Å²) in [5.74, 6) is 0.165. The highest BCUT2D eigenvalue weighted by atomic mass is 35.5. The Labute approximate surface area is 434 Å². The van der Waals surface area contributed by atoms with Gasteiger partial charge in [0.2, 0.25) is 0 Å². The molecule has 22 heteroatoms. The van der Waals surface area contributed by atoms with Gasteiger partial charge in [0.15, 0.2) is 0 Å². The van der Waals surface area contributed by atoms with Crippen molar-refractivity contribution in [1.82, 2.24) is 25.9 Å². The summed E-state index contributed by atoms with van der Waals surface area (Å²) >= 11 is 9.00. The van der Waals surface area contributed by atoms with E-state index in [9.17, 15) is 24.0 Å². The molecule has 8 N–H and O–H groups in total. The molecule has 2 aromatic carbocycles. The number of pyridine rings is 2. The molecule has 4 saturated heterocycles. The van der Waals surface area contributed by atoms with Crippen molar-refractivity contribution in [2.45, 2.75) is 63.3 Å². The zero-order valence-electron chi connectivity index (χ0n) is 40.3. The van der Waals surface area contributed by atoms with Crippen molar-refractivity contribution in [3.05, 3.63) is 124 Å². The second-order valence-electron chi connectivity index (χ2n) is 18.4. The number of anilines is 5. The van der Waals surface area contributed by atoms with Gasteiger partial charge >= 0.3 is 18.3 Å². The van der Waals surface area contributed by atoms with Gasteiger partial charge in [0.25, 0.3) is 11.8 Å². The number of nitrogens with zero attached hydrogens (tertiary/aromatic N) is 3. The largest absolute Gasteiger partial charge is 0.444 e. The van der Waals surface area contributed by atoms with E-state index in [4.69, 9.17) is 31.5 Å². The number of benzene rings is 2. The predicted molar refractivity (Wildman–Crippen MR) is 284 cm³/mol. The number of nitrogen functional groups attached to an aromatic ring is 1. The number of alkyl carbamates (subject to hydrolysis) is 2. The zero-order valence-corrected chi connectivity index (χ0v) is 42.6. The molecule has 6 aromatic rings. The van der Waals surface area contributed by atoms with Crippen molar-refractivity contribution in [1.29, 1.82) is 0 Å². The quantitative estimate of drug-likeness (QED) is 0.0427. The SMILES string of the molecule is CC(C)(C)OC(=O)Nc1ccc(-c2cccs2)cc1NC(=O)c1ccc(Cl)nc1.F.Nc1ccc(-c2cccs2)cc1NC(=O)c1ccc(N2CCC3(CC2)CNC(=O)O3)nc1.O=C1NCC2(CCNCC2)O1. The minimum atomic E-state index is -0.640. The summed E-state index contributed by atoms with van der Waals surface area (Å²) < 4.78 is 16.0. The van der Waals surface area contributed by atoms with Crippen LogP contribution in [0.3, 0.4) is 0 Å². The number of hydrogen-bond donors (Lipinski definition) is 7. The molecule has 4 aromatic heterocycles. The summed E-state index contributed by atoms with van der Waals surface area (Å²) in [6.45, 7) is 9.97. The minimum absolute atomic E-state index is 0. The van der Waals surface area contributed by atoms with E-state index in [0.717, 1.165) is 78.6 Å². The lowest BCUT2D eigenvalue weighted by atomic mass is 9.91. The number of carbonyl (C=O) groups is 5. The predicted octanol–water partition coefficient (Wildman–Crippen LogP) is 9.79. The van der Waals surface area contributed by atoms with Crippen LogP contribution in [0.5, 0.6) is 0 Å². The third kappa shape index (κ3) is 14.2. The lowest BCUT2D eigenvalue weighted by Crippen LogP contribution is -2.46. The van der Waals surface area contributed by atoms with Crippen LogP contribution in [0.15, 0.2) is 108 Å². The van der Waals surface area contributed by atoms with Crippen LogP contribution in [0.4, 0.5) is 47.7 Å². The standard InChI is InChI=1S/C23H23N5O3S.C21H20ClN3O3S.C7H12N2O2.FH/c24-17-5-3-15(19-2-1-11-32-19)12-18(17)27-21(29)16-4-6-20(25-13-16)28-9-7-23(8-10-28)14-26-22(30)31-23;1-21(2,3)28-20(27)25-15-8-6-13(17-5-4-10-29-17)11-16(15)24-19(26)14-7-9-18(22)23-12-14;10-6-9-5-7(11-6)1-3-8-4-2-7;/h1-6,11-13H,7-10,14,24H2,(H,26,30)(H,27,29);4-12H,1-3H3,(H,24,26)(H,25,27);8H,1-5H2,(H,9,10);1H. The van der Waals surface area contributed by atoms with E-state index in [-0.39, 0.29) is 34.3 Å². The van der Waals surface area contributed by atoms with Gasteiger partial charge in [-0.05, 0) is 116 Å². The first-order valence-electron chi connectivity index (χ1n) is 23.2. The number of aromatic nitrogens is 2. The Kier molecular flexibility index (Phi) is 17.2. The number of rotatable bonds is 8. The first kappa shape index (κ1) is 53.5. The smallest absolute Gasteiger partial charge is 0.412 e. The molecule has 0 saturated carbocycles. The van der Waals surface area contributed by atoms with E-state index in [1.165, 1.54) is 6.20 Å². The molecular weight excluding hydrogens is 999 g/mol. The average molecular weight is 1060 g/mol. The van der Waals surface area contributed by atoms with Gasteiger partial charge in [-0.15, -0.1) is 22.7 Å². The number of ether oxygens (including phenoxy) is 3. The van der Waals surface area contributed by atoms with Crippen molar-refractivity contribution < 1.29 is 42.9 Å².